The Morgan fingerprint density at radius 1 is 0.561 bits per heavy atom. The summed E-state index contributed by atoms with van der Waals surface area (Å²) < 4.78 is 56.9. The molecule has 7 N–H and O–H groups in total. The topological polar surface area (TPSA) is 231 Å². The summed E-state index contributed by atoms with van der Waals surface area (Å²) in [5.41, 5.74) is 10.3. The van der Waals surface area contributed by atoms with Crippen molar-refractivity contribution in [3.8, 4) is 46.0 Å². The number of rotatable bonds is 19. The Labute approximate surface area is 484 Å². The highest BCUT2D eigenvalue weighted by Gasteiger charge is 2.71. The summed E-state index contributed by atoms with van der Waals surface area (Å²) in [5.74, 6) is 4.66. The third-order valence-electron chi connectivity index (χ3n) is 15.0. The molecule has 17 heteroatoms. The molecule has 0 radical (unpaired) electrons. The lowest BCUT2D eigenvalue weighted by Gasteiger charge is -2.40. The molecule has 0 saturated heterocycles. The van der Waals surface area contributed by atoms with Crippen LogP contribution in [0.4, 0.5) is 0 Å². The number of nitrogens with two attached hydrogens (primary N) is 2. The van der Waals surface area contributed by atoms with Gasteiger partial charge in [-0.1, -0.05) is 105 Å². The Balaban J connectivity index is 0.000000229. The summed E-state index contributed by atoms with van der Waals surface area (Å²) in [6.45, 7) is 9.21. The van der Waals surface area contributed by atoms with Crippen LogP contribution < -0.4 is 54.7 Å². The van der Waals surface area contributed by atoms with Crippen LogP contribution in [0.1, 0.15) is 97.6 Å². The molecule has 2 aliphatic heterocycles. The van der Waals surface area contributed by atoms with E-state index in [1.807, 2.05) is 111 Å². The molecule has 6 atom stereocenters. The Bertz CT molecular complexity index is 2700. The fourth-order valence-corrected chi connectivity index (χ4v) is 11.5. The summed E-state index contributed by atoms with van der Waals surface area (Å²) in [4.78, 5) is 18.3. The summed E-state index contributed by atoms with van der Waals surface area (Å²) >= 11 is 0. The third-order valence-corrected chi connectivity index (χ3v) is 15.0. The summed E-state index contributed by atoms with van der Waals surface area (Å²) in [6, 6.07) is 43.4. The SMILES string of the molecule is C=O.CCC.CN.CNCCOCCOCCC(N)=O.COc1ccc(C23Oc4cc(OC)cc(OC)c4C2(O)CCC3c2ccccc2)cc1.COc1ccc(C23Oc4cc(OC)cc(OC)c4C2(O)CCC3c2ccccc2)cc1. The zero-order valence-electron chi connectivity index (χ0n) is 49.3. The van der Waals surface area contributed by atoms with Gasteiger partial charge in [0.1, 0.15) is 64.0 Å². The van der Waals surface area contributed by atoms with E-state index in [0.717, 1.165) is 53.1 Å². The molecule has 82 heavy (non-hydrogen) atoms. The van der Waals surface area contributed by atoms with Crippen molar-refractivity contribution in [2.24, 2.45) is 11.5 Å². The van der Waals surface area contributed by atoms with Gasteiger partial charge in [-0.15, -0.1) is 0 Å². The van der Waals surface area contributed by atoms with Crippen LogP contribution in [0.5, 0.6) is 46.0 Å². The minimum Gasteiger partial charge on any atom is -0.497 e. The maximum atomic E-state index is 12.3. The lowest BCUT2D eigenvalue weighted by Crippen LogP contribution is -2.48. The van der Waals surface area contributed by atoms with E-state index in [4.69, 9.17) is 57.9 Å². The number of fused-ring (bicyclic) bond motifs is 6. The van der Waals surface area contributed by atoms with E-state index < -0.39 is 22.4 Å². The van der Waals surface area contributed by atoms with Crippen LogP contribution in [-0.4, -0.2) is 113 Å². The number of benzene rings is 6. The molecule has 2 heterocycles. The molecule has 2 saturated carbocycles. The molecule has 10 rings (SSSR count). The molecular weight excluding hydrogens is 1050 g/mol. The van der Waals surface area contributed by atoms with Crippen LogP contribution in [0.15, 0.2) is 133 Å². The molecule has 4 aliphatic rings. The smallest absolute Gasteiger partial charge is 0.219 e. The maximum absolute atomic E-state index is 12.3. The van der Waals surface area contributed by atoms with Gasteiger partial charge >= 0.3 is 0 Å². The third kappa shape index (κ3) is 13.4. The molecule has 2 fully saturated rings. The van der Waals surface area contributed by atoms with Gasteiger partial charge in [0.25, 0.3) is 0 Å². The van der Waals surface area contributed by atoms with Gasteiger partial charge in [0.2, 0.25) is 5.91 Å². The molecule has 2 aliphatic carbocycles. The second-order valence-corrected chi connectivity index (χ2v) is 19.5. The van der Waals surface area contributed by atoms with Crippen molar-refractivity contribution < 1.29 is 67.2 Å². The van der Waals surface area contributed by atoms with E-state index in [0.29, 0.717) is 84.9 Å². The average molecular weight is 1130 g/mol. The first-order valence-corrected chi connectivity index (χ1v) is 27.5. The zero-order chi connectivity index (χ0) is 59.9. The Kier molecular flexibility index (Phi) is 24.9. The van der Waals surface area contributed by atoms with Crippen molar-refractivity contribution in [1.29, 1.82) is 0 Å². The second-order valence-electron chi connectivity index (χ2n) is 19.5. The van der Waals surface area contributed by atoms with E-state index in [1.54, 1.807) is 54.8 Å². The number of nitrogens with one attached hydrogen (secondary N) is 1. The van der Waals surface area contributed by atoms with Gasteiger partial charge in [0, 0.05) is 49.1 Å². The summed E-state index contributed by atoms with van der Waals surface area (Å²) in [6.07, 6.45) is 4.18. The lowest BCUT2D eigenvalue weighted by molar-refractivity contribution is -0.119. The normalized spacial score (nSPS) is 21.6. The Morgan fingerprint density at radius 2 is 0.927 bits per heavy atom. The van der Waals surface area contributed by atoms with Crippen molar-refractivity contribution in [2.75, 3.05) is 89.7 Å². The molecule has 1 amide bonds. The Morgan fingerprint density at radius 3 is 1.26 bits per heavy atom. The van der Waals surface area contributed by atoms with Crippen LogP contribution in [0.25, 0.3) is 0 Å². The van der Waals surface area contributed by atoms with E-state index in [-0.39, 0.29) is 24.2 Å². The summed E-state index contributed by atoms with van der Waals surface area (Å²) in [7, 11) is 13.1. The summed E-state index contributed by atoms with van der Waals surface area (Å²) in [5, 5.41) is 27.6. The van der Waals surface area contributed by atoms with E-state index in [9.17, 15) is 15.0 Å². The molecule has 0 bridgehead atoms. The second kappa shape index (κ2) is 31.2. The number of carbonyl (C=O) groups is 2. The number of primary amides is 1. The number of likely N-dealkylation sites (N-methyl/N-ethyl adjacent to an activating group) is 1. The molecule has 6 aromatic carbocycles. The monoisotopic (exact) mass is 1130 g/mol. The fraction of sp³-hybridized carbons (Fsp3) is 0.415. The van der Waals surface area contributed by atoms with Crippen molar-refractivity contribution >= 4 is 12.7 Å². The van der Waals surface area contributed by atoms with Gasteiger partial charge in [0.15, 0.2) is 11.2 Å². The fourth-order valence-electron chi connectivity index (χ4n) is 11.5. The van der Waals surface area contributed by atoms with E-state index in [1.165, 1.54) is 13.5 Å². The highest BCUT2D eigenvalue weighted by Crippen LogP contribution is 2.70. The largest absolute Gasteiger partial charge is 0.497 e. The van der Waals surface area contributed by atoms with Crippen molar-refractivity contribution in [3.63, 3.8) is 0 Å². The molecule has 444 valence electrons. The number of ether oxygens (including phenoxy) is 10. The number of amides is 1. The van der Waals surface area contributed by atoms with Crippen LogP contribution in [-0.2, 0) is 41.5 Å². The number of methoxy groups -OCH3 is 6. The molecular formula is C65H85N3O14. The molecule has 6 unspecified atom stereocenters. The van der Waals surface area contributed by atoms with E-state index in [2.05, 4.69) is 49.2 Å². The first kappa shape index (κ1) is 65.4. The molecule has 6 aromatic rings. The highest BCUT2D eigenvalue weighted by molar-refractivity contribution is 5.73. The minimum absolute atomic E-state index is 0.0461. The van der Waals surface area contributed by atoms with Crippen molar-refractivity contribution in [2.45, 2.75) is 86.6 Å². The van der Waals surface area contributed by atoms with Gasteiger partial charge < -0.3 is 79.2 Å². The number of aliphatic hydroxyl groups is 2. The van der Waals surface area contributed by atoms with Crippen molar-refractivity contribution in [3.05, 3.63) is 167 Å². The molecule has 0 aromatic heterocycles. The first-order valence-electron chi connectivity index (χ1n) is 27.5. The highest BCUT2D eigenvalue weighted by atomic mass is 16.5. The maximum Gasteiger partial charge on any atom is 0.219 e. The minimum atomic E-state index is -1.25. The zero-order valence-corrected chi connectivity index (χ0v) is 49.3. The van der Waals surface area contributed by atoms with Crippen molar-refractivity contribution in [1.82, 2.24) is 5.32 Å². The predicted octanol–water partition coefficient (Wildman–Crippen LogP) is 9.45. The number of hydrogen-bond acceptors (Lipinski definition) is 16. The Hall–Kier alpha value is -7.38. The first-order chi connectivity index (χ1) is 39.8. The van der Waals surface area contributed by atoms with Crippen LogP contribution in [0.3, 0.4) is 0 Å². The van der Waals surface area contributed by atoms with Gasteiger partial charge in [-0.05, 0) is 86.3 Å². The van der Waals surface area contributed by atoms with Gasteiger partial charge in [-0.2, -0.15) is 0 Å². The predicted molar refractivity (Wildman–Crippen MR) is 317 cm³/mol. The molecule has 0 spiro atoms. The van der Waals surface area contributed by atoms with Crippen LogP contribution in [0.2, 0.25) is 0 Å². The average Bonchev–Trinajstić information content (AvgIpc) is 4.35. The molecule has 17 nitrogen and oxygen atoms in total. The number of hydrogen-bond donors (Lipinski definition) is 5. The van der Waals surface area contributed by atoms with Gasteiger partial charge in [0.05, 0.1) is 80.2 Å². The van der Waals surface area contributed by atoms with E-state index >= 15 is 0 Å². The number of carbonyl (C=O) groups excluding carboxylic acids is 2. The van der Waals surface area contributed by atoms with Gasteiger partial charge in [-0.25, -0.2) is 0 Å². The van der Waals surface area contributed by atoms with Gasteiger partial charge in [-0.3, -0.25) is 4.79 Å². The lowest BCUT2D eigenvalue weighted by atomic mass is 9.71. The van der Waals surface area contributed by atoms with Crippen LogP contribution >= 0.6 is 0 Å². The van der Waals surface area contributed by atoms with Crippen LogP contribution in [0, 0.1) is 0 Å². The standard InChI is InChI=1S/2C26H26O5.C8H18N2O3.C3H8.CH5N.CH2O/c2*1-28-19-11-9-18(10-12-19)26-21(17-7-5-4-6-8-17)13-14-25(26,27)24-22(30-3)15-20(29-2)16-23(24)31-26;1-10-3-5-13-7-6-12-4-2-8(9)11;1-3-2;2*1-2/h2*4-12,15-16,21,27H,13-14H2,1-3H3;10H,2-7H2,1H3,(H2,9,11);3H2,1-2H3;2H2,1H3;1H2. The quantitative estimate of drug-likeness (QED) is 0.0476.